The summed E-state index contributed by atoms with van der Waals surface area (Å²) in [6.07, 6.45) is 0.633. The van der Waals surface area contributed by atoms with E-state index in [4.69, 9.17) is 5.84 Å². The second kappa shape index (κ2) is 6.16. The number of hydrazine groups is 1. The number of benzene rings is 2. The van der Waals surface area contributed by atoms with E-state index in [-0.39, 0.29) is 11.4 Å². The fourth-order valence-corrected chi connectivity index (χ4v) is 3.53. The van der Waals surface area contributed by atoms with E-state index < -0.39 is 5.91 Å². The lowest BCUT2D eigenvalue weighted by atomic mass is 9.81. The van der Waals surface area contributed by atoms with Crippen LogP contribution in [0.2, 0.25) is 0 Å². The molecule has 0 fully saturated rings. The van der Waals surface area contributed by atoms with E-state index in [0.717, 1.165) is 39.1 Å². The zero-order valence-electron chi connectivity index (χ0n) is 14.2. The molecule has 4 rings (SSSR count). The third kappa shape index (κ3) is 2.39. The number of H-pyrrole nitrogens is 1. The van der Waals surface area contributed by atoms with Crippen LogP contribution in [0.5, 0.6) is 5.75 Å². The lowest BCUT2D eigenvalue weighted by molar-refractivity contribution is 0.0948. The van der Waals surface area contributed by atoms with Crippen LogP contribution in [0.25, 0.3) is 22.4 Å². The number of nitrogens with two attached hydrogens (primary N) is 1. The number of nitrogens with one attached hydrogen (secondary N) is 2. The molecule has 0 radical (unpaired) electrons. The molecular weight excluding hydrogens is 328 g/mol. The Bertz CT molecular complexity index is 1050. The van der Waals surface area contributed by atoms with Gasteiger partial charge in [-0.2, -0.15) is 5.10 Å². The van der Waals surface area contributed by atoms with Gasteiger partial charge in [-0.05, 0) is 36.1 Å². The predicted molar refractivity (Wildman–Crippen MR) is 100.0 cm³/mol. The Morgan fingerprint density at radius 1 is 1.19 bits per heavy atom. The molecule has 0 unspecified atom stereocenters. The van der Waals surface area contributed by atoms with Crippen LogP contribution in [0.1, 0.15) is 34.1 Å². The number of amides is 1. The van der Waals surface area contributed by atoms with Crippen molar-refractivity contribution in [2.24, 2.45) is 5.84 Å². The summed E-state index contributed by atoms with van der Waals surface area (Å²) in [5.74, 6) is 5.08. The Morgan fingerprint density at radius 2 is 1.92 bits per heavy atom. The summed E-state index contributed by atoms with van der Waals surface area (Å²) in [6.45, 7) is 1.94. The number of hydrogen-bond donors (Lipinski definition) is 4. The maximum atomic E-state index is 12.2. The number of hydrogen-bond acceptors (Lipinski definition) is 4. The summed E-state index contributed by atoms with van der Waals surface area (Å²) < 4.78 is 0. The quantitative estimate of drug-likeness (QED) is 0.325. The minimum atomic E-state index is -0.454. The van der Waals surface area contributed by atoms with E-state index in [9.17, 15) is 9.90 Å². The second-order valence-corrected chi connectivity index (χ2v) is 6.25. The maximum absolute atomic E-state index is 12.2. The van der Waals surface area contributed by atoms with Crippen molar-refractivity contribution in [3.05, 3.63) is 70.9 Å². The number of rotatable bonds is 2. The summed E-state index contributed by atoms with van der Waals surface area (Å²) in [5, 5.41) is 17.5. The zero-order valence-corrected chi connectivity index (χ0v) is 14.2. The van der Waals surface area contributed by atoms with E-state index in [0.29, 0.717) is 6.42 Å². The van der Waals surface area contributed by atoms with Gasteiger partial charge >= 0.3 is 0 Å². The average molecular weight is 346 g/mol. The smallest absolute Gasteiger partial charge is 0.286 e. The first-order chi connectivity index (χ1) is 12.6. The summed E-state index contributed by atoms with van der Waals surface area (Å²) in [6, 6.07) is 15.2. The van der Waals surface area contributed by atoms with E-state index in [1.54, 1.807) is 12.1 Å². The molecule has 5 N–H and O–H groups in total. The number of carbonyl (C=O) groups is 1. The van der Waals surface area contributed by atoms with Crippen LogP contribution >= 0.6 is 0 Å². The van der Waals surface area contributed by atoms with Crippen LogP contribution in [0.4, 0.5) is 0 Å². The van der Waals surface area contributed by atoms with E-state index in [1.807, 2.05) is 37.3 Å². The molecule has 26 heavy (non-hydrogen) atoms. The molecule has 0 atom stereocenters. The molecule has 0 bridgehead atoms. The van der Waals surface area contributed by atoms with Crippen molar-refractivity contribution >= 4 is 17.1 Å². The van der Waals surface area contributed by atoms with Gasteiger partial charge in [-0.3, -0.25) is 15.3 Å². The van der Waals surface area contributed by atoms with Gasteiger partial charge in [-0.15, -0.1) is 0 Å². The molecule has 3 aromatic rings. The minimum Gasteiger partial charge on any atom is -0.507 e. The van der Waals surface area contributed by atoms with Gasteiger partial charge in [0.05, 0.1) is 5.69 Å². The van der Waals surface area contributed by atoms with Gasteiger partial charge in [0.25, 0.3) is 5.91 Å². The highest BCUT2D eigenvalue weighted by molar-refractivity contribution is 6.06. The number of nitrogen functional groups attached to an aromatic ring is 1. The van der Waals surface area contributed by atoms with Crippen molar-refractivity contribution in [2.45, 2.75) is 13.3 Å². The SMILES string of the molecule is CC(=C1Cc2ccccc2-c2[nH]nc(C(=O)NN)c21)c1ccccc1O. The van der Waals surface area contributed by atoms with Crippen LogP contribution in [0, 0.1) is 0 Å². The third-order valence-corrected chi connectivity index (χ3v) is 4.83. The molecule has 2 aromatic carbocycles. The van der Waals surface area contributed by atoms with Crippen molar-refractivity contribution in [2.75, 3.05) is 0 Å². The molecule has 6 heteroatoms. The largest absolute Gasteiger partial charge is 0.507 e. The number of aromatic amines is 1. The first kappa shape index (κ1) is 16.1. The van der Waals surface area contributed by atoms with Gasteiger partial charge in [0.15, 0.2) is 5.69 Å². The van der Waals surface area contributed by atoms with Gasteiger partial charge in [0.2, 0.25) is 0 Å². The number of carbonyl (C=O) groups excluding carboxylic acids is 1. The van der Waals surface area contributed by atoms with Crippen molar-refractivity contribution in [3.63, 3.8) is 0 Å². The molecule has 1 heterocycles. The predicted octanol–water partition coefficient (Wildman–Crippen LogP) is 2.87. The number of allylic oxidation sites excluding steroid dienone is 2. The minimum absolute atomic E-state index is 0.200. The lowest BCUT2D eigenvalue weighted by Crippen LogP contribution is -2.31. The summed E-state index contributed by atoms with van der Waals surface area (Å²) in [7, 11) is 0. The average Bonchev–Trinajstić information content (AvgIpc) is 3.12. The Kier molecular flexibility index (Phi) is 3.82. The van der Waals surface area contributed by atoms with Crippen LogP contribution in [0.15, 0.2) is 48.5 Å². The first-order valence-corrected chi connectivity index (χ1v) is 8.28. The summed E-state index contributed by atoms with van der Waals surface area (Å²) in [5.41, 5.74) is 8.64. The van der Waals surface area contributed by atoms with E-state index in [2.05, 4.69) is 21.7 Å². The molecule has 1 amide bonds. The van der Waals surface area contributed by atoms with Gasteiger partial charge < -0.3 is 5.11 Å². The number of phenolic OH excluding ortho intramolecular Hbond substituents is 1. The standard InChI is InChI=1S/C20H18N4O2/c1-11(13-7-4-5-9-16(13)25)15-10-12-6-2-3-8-14(12)18-17(15)19(24-23-18)20(26)22-21/h2-9,25H,10,21H2,1H3,(H,22,26)(H,23,24). The molecular formula is C20H18N4O2. The normalized spacial score (nSPS) is 14.4. The van der Waals surface area contributed by atoms with Gasteiger partial charge in [0.1, 0.15) is 5.75 Å². The molecule has 0 saturated carbocycles. The van der Waals surface area contributed by atoms with E-state index in [1.165, 1.54) is 0 Å². The molecule has 0 spiro atoms. The summed E-state index contributed by atoms with van der Waals surface area (Å²) in [4.78, 5) is 12.2. The maximum Gasteiger partial charge on any atom is 0.286 e. The van der Waals surface area contributed by atoms with Gasteiger partial charge in [-0.1, -0.05) is 42.5 Å². The molecule has 1 aromatic heterocycles. The number of phenols is 1. The Hall–Kier alpha value is -3.38. The number of fused-ring (bicyclic) bond motifs is 3. The second-order valence-electron chi connectivity index (χ2n) is 6.25. The molecule has 0 saturated heterocycles. The van der Waals surface area contributed by atoms with Crippen LogP contribution in [0.3, 0.4) is 0 Å². The Balaban J connectivity index is 2.02. The van der Waals surface area contributed by atoms with Gasteiger partial charge in [0, 0.05) is 16.7 Å². The first-order valence-electron chi connectivity index (χ1n) is 8.28. The Morgan fingerprint density at radius 3 is 2.69 bits per heavy atom. The topological polar surface area (TPSA) is 104 Å². The van der Waals surface area contributed by atoms with Crippen molar-refractivity contribution in [3.8, 4) is 17.0 Å². The molecule has 0 aliphatic heterocycles. The van der Waals surface area contributed by atoms with Crippen LogP contribution in [-0.2, 0) is 6.42 Å². The summed E-state index contributed by atoms with van der Waals surface area (Å²) >= 11 is 0. The highest BCUT2D eigenvalue weighted by Crippen LogP contribution is 2.43. The number of aromatic nitrogens is 2. The highest BCUT2D eigenvalue weighted by Gasteiger charge is 2.29. The van der Waals surface area contributed by atoms with Crippen LogP contribution in [-0.4, -0.2) is 21.2 Å². The monoisotopic (exact) mass is 346 g/mol. The molecule has 1 aliphatic carbocycles. The third-order valence-electron chi connectivity index (χ3n) is 4.83. The molecule has 1 aliphatic rings. The number of nitrogens with zero attached hydrogens (tertiary/aromatic N) is 1. The molecule has 130 valence electrons. The Labute approximate surface area is 150 Å². The number of para-hydroxylation sites is 1. The van der Waals surface area contributed by atoms with Crippen molar-refractivity contribution < 1.29 is 9.90 Å². The van der Waals surface area contributed by atoms with E-state index >= 15 is 0 Å². The molecule has 6 nitrogen and oxygen atoms in total. The van der Waals surface area contributed by atoms with Crippen LogP contribution < -0.4 is 11.3 Å². The van der Waals surface area contributed by atoms with Crippen molar-refractivity contribution in [1.29, 1.82) is 0 Å². The zero-order chi connectivity index (χ0) is 18.3. The fourth-order valence-electron chi connectivity index (χ4n) is 3.53. The number of aromatic hydroxyl groups is 1. The lowest BCUT2D eigenvalue weighted by Gasteiger charge is -2.22. The van der Waals surface area contributed by atoms with Crippen molar-refractivity contribution in [1.82, 2.24) is 15.6 Å². The highest BCUT2D eigenvalue weighted by atomic mass is 16.3. The fraction of sp³-hybridized carbons (Fsp3) is 0.100. The van der Waals surface area contributed by atoms with Gasteiger partial charge in [-0.25, -0.2) is 5.84 Å².